The number of aliphatic carboxylic acids is 1. The van der Waals surface area contributed by atoms with E-state index in [9.17, 15) is 19.5 Å². The molecule has 1 atom stereocenters. The standard InChI is InChI=1S/C19H33N3O5/c1-19(2,3)27-13-8-15(17(24)25)20-16(23)14-6-11-22(12-7-14)18(26)21-9-4-5-10-21/h14-15H,4-13H2,1-3H3,(H,20,23)(H,24,25). The van der Waals surface area contributed by atoms with Crippen LogP contribution < -0.4 is 5.32 Å². The molecule has 2 rings (SSSR count). The molecule has 0 bridgehead atoms. The minimum absolute atomic E-state index is 0.0640. The van der Waals surface area contributed by atoms with Gasteiger partial charge in [0.1, 0.15) is 6.04 Å². The predicted octanol–water partition coefficient (Wildman–Crippen LogP) is 1.69. The summed E-state index contributed by atoms with van der Waals surface area (Å²) < 4.78 is 5.56. The molecule has 0 radical (unpaired) electrons. The van der Waals surface area contributed by atoms with Crippen LogP contribution in [0.3, 0.4) is 0 Å². The zero-order chi connectivity index (χ0) is 20.0. The Balaban J connectivity index is 1.77. The van der Waals surface area contributed by atoms with Gasteiger partial charge in [0.15, 0.2) is 0 Å². The molecular formula is C19H33N3O5. The van der Waals surface area contributed by atoms with Gasteiger partial charge in [0.2, 0.25) is 5.91 Å². The van der Waals surface area contributed by atoms with Crippen molar-refractivity contribution in [1.82, 2.24) is 15.1 Å². The topological polar surface area (TPSA) is 99.2 Å². The van der Waals surface area contributed by atoms with E-state index in [0.717, 1.165) is 25.9 Å². The van der Waals surface area contributed by atoms with Crippen LogP contribution in [0, 0.1) is 5.92 Å². The molecule has 0 aliphatic carbocycles. The van der Waals surface area contributed by atoms with Crippen LogP contribution in [0.5, 0.6) is 0 Å². The smallest absolute Gasteiger partial charge is 0.326 e. The van der Waals surface area contributed by atoms with Crippen LogP contribution in [0.25, 0.3) is 0 Å². The molecule has 0 aromatic carbocycles. The first kappa shape index (κ1) is 21.5. The summed E-state index contributed by atoms with van der Waals surface area (Å²) in [6.45, 7) is 8.68. The number of ether oxygens (including phenoxy) is 1. The maximum Gasteiger partial charge on any atom is 0.326 e. The van der Waals surface area contributed by atoms with Crippen LogP contribution in [0.2, 0.25) is 0 Å². The van der Waals surface area contributed by atoms with Crippen molar-refractivity contribution < 1.29 is 24.2 Å². The highest BCUT2D eigenvalue weighted by Gasteiger charge is 2.32. The number of piperidine rings is 1. The third-order valence-electron chi connectivity index (χ3n) is 5.07. The second-order valence-electron chi connectivity index (χ2n) is 8.39. The first-order valence-corrected chi connectivity index (χ1v) is 9.88. The van der Waals surface area contributed by atoms with Crippen LogP contribution in [0.4, 0.5) is 4.79 Å². The lowest BCUT2D eigenvalue weighted by molar-refractivity contribution is -0.143. The lowest BCUT2D eigenvalue weighted by Gasteiger charge is -2.34. The zero-order valence-electron chi connectivity index (χ0n) is 16.7. The number of carboxylic acid groups (broad SMARTS) is 1. The van der Waals surface area contributed by atoms with E-state index in [1.165, 1.54) is 0 Å². The molecular weight excluding hydrogens is 350 g/mol. The molecule has 0 spiro atoms. The van der Waals surface area contributed by atoms with Crippen molar-refractivity contribution >= 4 is 17.9 Å². The van der Waals surface area contributed by atoms with E-state index in [0.29, 0.717) is 25.9 Å². The third-order valence-corrected chi connectivity index (χ3v) is 5.07. The van der Waals surface area contributed by atoms with Crippen LogP contribution in [0.1, 0.15) is 52.9 Å². The number of hydrogen-bond donors (Lipinski definition) is 2. The lowest BCUT2D eigenvalue weighted by Crippen LogP contribution is -2.50. The first-order chi connectivity index (χ1) is 12.7. The number of rotatable bonds is 6. The second-order valence-corrected chi connectivity index (χ2v) is 8.39. The third kappa shape index (κ3) is 6.68. The van der Waals surface area contributed by atoms with Gasteiger partial charge in [-0.1, -0.05) is 0 Å². The largest absolute Gasteiger partial charge is 0.480 e. The summed E-state index contributed by atoms with van der Waals surface area (Å²) in [5, 5.41) is 12.0. The number of hydrogen-bond acceptors (Lipinski definition) is 4. The summed E-state index contributed by atoms with van der Waals surface area (Å²) in [5.41, 5.74) is -0.345. The fourth-order valence-corrected chi connectivity index (χ4v) is 3.47. The highest BCUT2D eigenvalue weighted by molar-refractivity contribution is 5.85. The fraction of sp³-hybridized carbons (Fsp3) is 0.842. The summed E-state index contributed by atoms with van der Waals surface area (Å²) >= 11 is 0. The molecule has 2 fully saturated rings. The number of carbonyl (C=O) groups is 3. The van der Waals surface area contributed by atoms with Gasteiger partial charge in [-0.25, -0.2) is 9.59 Å². The second kappa shape index (κ2) is 9.39. The van der Waals surface area contributed by atoms with Gasteiger partial charge in [0.25, 0.3) is 0 Å². The van der Waals surface area contributed by atoms with Crippen molar-refractivity contribution in [2.75, 3.05) is 32.8 Å². The highest BCUT2D eigenvalue weighted by atomic mass is 16.5. The minimum atomic E-state index is -1.05. The average Bonchev–Trinajstić information content (AvgIpc) is 3.13. The number of urea groups is 1. The van der Waals surface area contributed by atoms with Crippen LogP contribution in [-0.2, 0) is 14.3 Å². The van der Waals surface area contributed by atoms with E-state index in [1.54, 1.807) is 4.90 Å². The number of amides is 3. The van der Waals surface area contributed by atoms with E-state index < -0.39 is 12.0 Å². The Hall–Kier alpha value is -1.83. The molecule has 27 heavy (non-hydrogen) atoms. The number of nitrogens with one attached hydrogen (secondary N) is 1. The molecule has 2 N–H and O–H groups in total. The minimum Gasteiger partial charge on any atom is -0.480 e. The molecule has 0 saturated carbocycles. The van der Waals surface area contributed by atoms with Gasteiger partial charge in [0.05, 0.1) is 5.60 Å². The van der Waals surface area contributed by atoms with Crippen molar-refractivity contribution in [1.29, 1.82) is 0 Å². The fourth-order valence-electron chi connectivity index (χ4n) is 3.47. The summed E-state index contributed by atoms with van der Waals surface area (Å²) in [5.74, 6) is -1.55. The molecule has 154 valence electrons. The number of nitrogens with zero attached hydrogens (tertiary/aromatic N) is 2. The van der Waals surface area contributed by atoms with E-state index in [4.69, 9.17) is 4.74 Å². The molecule has 0 aromatic heterocycles. The van der Waals surface area contributed by atoms with Gasteiger partial charge in [0, 0.05) is 45.1 Å². The van der Waals surface area contributed by atoms with Crippen molar-refractivity contribution in [2.45, 2.75) is 64.5 Å². The maximum atomic E-state index is 12.5. The molecule has 8 heteroatoms. The Labute approximate surface area is 161 Å². The molecule has 2 aliphatic rings. The Morgan fingerprint density at radius 3 is 2.15 bits per heavy atom. The Morgan fingerprint density at radius 2 is 1.63 bits per heavy atom. The van der Waals surface area contributed by atoms with Gasteiger partial charge in [-0.3, -0.25) is 4.79 Å². The van der Waals surface area contributed by atoms with Crippen molar-refractivity contribution in [3.63, 3.8) is 0 Å². The Kier molecular flexibility index (Phi) is 7.47. The predicted molar refractivity (Wildman–Crippen MR) is 100 cm³/mol. The van der Waals surface area contributed by atoms with Crippen molar-refractivity contribution in [2.24, 2.45) is 5.92 Å². The van der Waals surface area contributed by atoms with Gasteiger partial charge >= 0.3 is 12.0 Å². The normalized spacial score (nSPS) is 19.8. The van der Waals surface area contributed by atoms with E-state index in [-0.39, 0.29) is 36.5 Å². The van der Waals surface area contributed by atoms with Crippen LogP contribution >= 0.6 is 0 Å². The summed E-state index contributed by atoms with van der Waals surface area (Å²) in [6, 6.07) is -0.891. The number of likely N-dealkylation sites (tertiary alicyclic amines) is 2. The van der Waals surface area contributed by atoms with Gasteiger partial charge in [-0.05, 0) is 46.5 Å². The molecule has 2 saturated heterocycles. The monoisotopic (exact) mass is 383 g/mol. The average molecular weight is 383 g/mol. The first-order valence-electron chi connectivity index (χ1n) is 9.88. The quantitative estimate of drug-likeness (QED) is 0.727. The molecule has 2 heterocycles. The van der Waals surface area contributed by atoms with E-state index >= 15 is 0 Å². The lowest BCUT2D eigenvalue weighted by atomic mass is 9.95. The van der Waals surface area contributed by atoms with Crippen molar-refractivity contribution in [3.05, 3.63) is 0 Å². The maximum absolute atomic E-state index is 12.5. The SMILES string of the molecule is CC(C)(C)OCCC(NC(=O)C1CCN(C(=O)N2CCCC2)CC1)C(=O)O. The molecule has 8 nitrogen and oxygen atoms in total. The molecule has 0 aromatic rings. The molecule has 3 amide bonds. The Morgan fingerprint density at radius 1 is 1.07 bits per heavy atom. The Bertz CT molecular complexity index is 532. The van der Waals surface area contributed by atoms with Crippen molar-refractivity contribution in [3.8, 4) is 0 Å². The summed E-state index contributed by atoms with van der Waals surface area (Å²) in [4.78, 5) is 40.0. The van der Waals surface area contributed by atoms with E-state index in [2.05, 4.69) is 5.32 Å². The number of carboxylic acids is 1. The number of carbonyl (C=O) groups excluding carboxylic acids is 2. The van der Waals surface area contributed by atoms with E-state index in [1.807, 2.05) is 25.7 Å². The summed E-state index contributed by atoms with van der Waals surface area (Å²) in [6.07, 6.45) is 3.47. The van der Waals surface area contributed by atoms with Crippen LogP contribution in [-0.4, -0.2) is 77.2 Å². The van der Waals surface area contributed by atoms with Gasteiger partial charge < -0.3 is 25.0 Å². The van der Waals surface area contributed by atoms with Gasteiger partial charge in [-0.2, -0.15) is 0 Å². The highest BCUT2D eigenvalue weighted by Crippen LogP contribution is 2.20. The van der Waals surface area contributed by atoms with Crippen LogP contribution in [0.15, 0.2) is 0 Å². The zero-order valence-corrected chi connectivity index (χ0v) is 16.7. The molecule has 2 aliphatic heterocycles. The molecule has 1 unspecified atom stereocenters. The summed E-state index contributed by atoms with van der Waals surface area (Å²) in [7, 11) is 0. The van der Waals surface area contributed by atoms with Gasteiger partial charge in [-0.15, -0.1) is 0 Å².